The van der Waals surface area contributed by atoms with Crippen LogP contribution in [0.15, 0.2) is 24.3 Å². The van der Waals surface area contributed by atoms with E-state index in [0.717, 1.165) is 66.7 Å². The monoisotopic (exact) mass is 385 g/mol. The third-order valence-electron chi connectivity index (χ3n) is 5.28. The fourth-order valence-electron chi connectivity index (χ4n) is 3.57. The minimum atomic E-state index is 0.153. The molecule has 1 aromatic carbocycles. The van der Waals surface area contributed by atoms with Crippen LogP contribution < -0.4 is 0 Å². The molecular weight excluding hydrogens is 354 g/mol. The van der Waals surface area contributed by atoms with Gasteiger partial charge >= 0.3 is 0 Å². The zero-order valence-corrected chi connectivity index (χ0v) is 17.6. The van der Waals surface area contributed by atoms with Crippen molar-refractivity contribution in [1.29, 1.82) is 0 Å². The number of hydrogen-bond donors (Lipinski definition) is 0. The first-order chi connectivity index (χ1) is 13.1. The lowest BCUT2D eigenvalue weighted by molar-refractivity contribution is 0.0765. The van der Waals surface area contributed by atoms with Gasteiger partial charge in [0.25, 0.3) is 5.91 Å². The predicted molar refractivity (Wildman–Crippen MR) is 114 cm³/mol. The first kappa shape index (κ1) is 20.0. The molecule has 0 bridgehead atoms. The number of carbonyl (C=O) groups is 1. The maximum atomic E-state index is 13.1. The van der Waals surface area contributed by atoms with Gasteiger partial charge in [-0.2, -0.15) is 0 Å². The molecule has 0 spiro atoms. The van der Waals surface area contributed by atoms with E-state index < -0.39 is 0 Å². The van der Waals surface area contributed by atoms with Crippen molar-refractivity contribution in [2.24, 2.45) is 0 Å². The summed E-state index contributed by atoms with van der Waals surface area (Å²) in [6, 6.07) is 8.48. The van der Waals surface area contributed by atoms with Crippen LogP contribution in [0.4, 0.5) is 0 Å². The molecule has 1 aliphatic heterocycles. The van der Waals surface area contributed by atoms with Gasteiger partial charge in [0.1, 0.15) is 9.88 Å². The van der Waals surface area contributed by atoms with E-state index in [4.69, 9.17) is 4.98 Å². The molecule has 27 heavy (non-hydrogen) atoms. The molecular formula is C22H31N3OS. The summed E-state index contributed by atoms with van der Waals surface area (Å²) < 4.78 is 0. The largest absolute Gasteiger partial charge is 0.337 e. The van der Waals surface area contributed by atoms with Gasteiger partial charge in [-0.1, -0.05) is 38.5 Å². The summed E-state index contributed by atoms with van der Waals surface area (Å²) in [6.45, 7) is 11.2. The number of nitrogens with zero attached hydrogens (tertiary/aromatic N) is 3. The van der Waals surface area contributed by atoms with Crippen molar-refractivity contribution in [3.8, 4) is 10.6 Å². The highest BCUT2D eigenvalue weighted by atomic mass is 32.1. The lowest BCUT2D eigenvalue weighted by Gasteiger charge is -2.21. The van der Waals surface area contributed by atoms with E-state index in [1.165, 1.54) is 29.7 Å². The number of carbonyl (C=O) groups excluding carboxylic acids is 1. The van der Waals surface area contributed by atoms with Gasteiger partial charge in [0, 0.05) is 25.2 Å². The topological polar surface area (TPSA) is 36.4 Å². The Labute approximate surface area is 167 Å². The standard InChI is InChI=1S/C22H31N3OS/c1-4-6-11-24-12-8-13-25(15-14-24)22(26)20-17(3)23-21(27-20)19-10-7-9-18(5-2)16-19/h7,9-10,16H,4-6,8,11-15H2,1-3H3. The molecule has 2 aromatic rings. The van der Waals surface area contributed by atoms with Crippen molar-refractivity contribution in [2.75, 3.05) is 32.7 Å². The van der Waals surface area contributed by atoms with Gasteiger partial charge in [-0.15, -0.1) is 11.3 Å². The SMILES string of the molecule is CCCCN1CCCN(C(=O)c2sc(-c3cccc(CC)c3)nc2C)CC1. The Bertz CT molecular complexity index is 771. The van der Waals surface area contributed by atoms with E-state index in [0.29, 0.717) is 0 Å². The van der Waals surface area contributed by atoms with Crippen molar-refractivity contribution in [2.45, 2.75) is 46.5 Å². The average molecular weight is 386 g/mol. The number of amides is 1. The average Bonchev–Trinajstić information content (AvgIpc) is 2.93. The molecule has 0 atom stereocenters. The molecule has 1 amide bonds. The Balaban J connectivity index is 1.72. The van der Waals surface area contributed by atoms with Crippen LogP contribution in [0, 0.1) is 6.92 Å². The molecule has 1 saturated heterocycles. The number of thiazole rings is 1. The number of aryl methyl sites for hydroxylation is 2. The van der Waals surface area contributed by atoms with Crippen molar-refractivity contribution in [1.82, 2.24) is 14.8 Å². The van der Waals surface area contributed by atoms with Crippen molar-refractivity contribution in [3.63, 3.8) is 0 Å². The molecule has 1 aromatic heterocycles. The second-order valence-electron chi connectivity index (χ2n) is 7.33. The lowest BCUT2D eigenvalue weighted by atomic mass is 10.1. The van der Waals surface area contributed by atoms with Gasteiger partial charge in [-0.3, -0.25) is 4.79 Å². The van der Waals surface area contributed by atoms with Crippen LogP contribution in [0.1, 0.15) is 54.0 Å². The molecule has 0 N–H and O–H groups in total. The third kappa shape index (κ3) is 4.96. The predicted octanol–water partition coefficient (Wildman–Crippen LogP) is 4.63. The minimum Gasteiger partial charge on any atom is -0.337 e. The molecule has 146 valence electrons. The molecule has 3 rings (SSSR count). The normalized spacial score (nSPS) is 15.7. The van der Waals surface area contributed by atoms with Gasteiger partial charge in [0.2, 0.25) is 0 Å². The number of aromatic nitrogens is 1. The first-order valence-corrected chi connectivity index (χ1v) is 11.0. The van der Waals surface area contributed by atoms with Gasteiger partial charge < -0.3 is 9.80 Å². The molecule has 0 aliphatic carbocycles. The van der Waals surface area contributed by atoms with Crippen molar-refractivity contribution in [3.05, 3.63) is 40.4 Å². The molecule has 0 radical (unpaired) electrons. The summed E-state index contributed by atoms with van der Waals surface area (Å²) >= 11 is 1.54. The summed E-state index contributed by atoms with van der Waals surface area (Å²) in [6.07, 6.45) is 4.52. The Kier molecular flexibility index (Phi) is 7.02. The van der Waals surface area contributed by atoms with E-state index in [-0.39, 0.29) is 5.91 Å². The van der Waals surface area contributed by atoms with Crippen molar-refractivity contribution >= 4 is 17.2 Å². The molecule has 1 fully saturated rings. The van der Waals surface area contributed by atoms with E-state index in [9.17, 15) is 4.79 Å². The van der Waals surface area contributed by atoms with E-state index in [2.05, 4.69) is 43.0 Å². The maximum absolute atomic E-state index is 13.1. The summed E-state index contributed by atoms with van der Waals surface area (Å²) in [7, 11) is 0. The van der Waals surface area contributed by atoms with Crippen LogP contribution in [0.25, 0.3) is 10.6 Å². The first-order valence-electron chi connectivity index (χ1n) is 10.2. The van der Waals surface area contributed by atoms with Crippen LogP contribution in [-0.4, -0.2) is 53.4 Å². The van der Waals surface area contributed by atoms with E-state index in [1.54, 1.807) is 0 Å². The lowest BCUT2D eigenvalue weighted by Crippen LogP contribution is -2.35. The highest BCUT2D eigenvalue weighted by Crippen LogP contribution is 2.29. The number of rotatable bonds is 6. The summed E-state index contributed by atoms with van der Waals surface area (Å²) in [5.41, 5.74) is 3.27. The Morgan fingerprint density at radius 3 is 2.81 bits per heavy atom. The molecule has 5 heteroatoms. The second-order valence-corrected chi connectivity index (χ2v) is 8.33. The fourth-order valence-corrected chi connectivity index (χ4v) is 4.60. The van der Waals surface area contributed by atoms with Crippen LogP contribution in [0.3, 0.4) is 0 Å². The highest BCUT2D eigenvalue weighted by Gasteiger charge is 2.24. The van der Waals surface area contributed by atoms with Gasteiger partial charge in [0.15, 0.2) is 0 Å². The Morgan fingerprint density at radius 2 is 2.04 bits per heavy atom. The fraction of sp³-hybridized carbons (Fsp3) is 0.545. The van der Waals surface area contributed by atoms with Crippen molar-refractivity contribution < 1.29 is 4.79 Å². The number of hydrogen-bond acceptors (Lipinski definition) is 4. The minimum absolute atomic E-state index is 0.153. The quantitative estimate of drug-likeness (QED) is 0.727. The highest BCUT2D eigenvalue weighted by molar-refractivity contribution is 7.17. The number of benzene rings is 1. The van der Waals surface area contributed by atoms with Gasteiger partial charge in [0.05, 0.1) is 5.69 Å². The molecule has 2 heterocycles. The zero-order chi connectivity index (χ0) is 19.2. The molecule has 0 saturated carbocycles. The summed E-state index contributed by atoms with van der Waals surface area (Å²) in [4.78, 5) is 23.2. The molecule has 4 nitrogen and oxygen atoms in total. The van der Waals surface area contributed by atoms with Crippen LogP contribution in [-0.2, 0) is 6.42 Å². The molecule has 0 unspecified atom stereocenters. The zero-order valence-electron chi connectivity index (χ0n) is 16.8. The summed E-state index contributed by atoms with van der Waals surface area (Å²) in [5, 5.41) is 0.950. The Morgan fingerprint density at radius 1 is 1.19 bits per heavy atom. The maximum Gasteiger partial charge on any atom is 0.265 e. The van der Waals surface area contributed by atoms with Crippen LogP contribution >= 0.6 is 11.3 Å². The number of unbranched alkanes of at least 4 members (excludes halogenated alkanes) is 1. The Hall–Kier alpha value is -1.72. The smallest absolute Gasteiger partial charge is 0.265 e. The summed E-state index contributed by atoms with van der Waals surface area (Å²) in [5.74, 6) is 0.153. The van der Waals surface area contributed by atoms with E-state index >= 15 is 0 Å². The van der Waals surface area contributed by atoms with Crippen LogP contribution in [0.2, 0.25) is 0 Å². The second kappa shape index (κ2) is 9.47. The molecule has 1 aliphatic rings. The van der Waals surface area contributed by atoms with Gasteiger partial charge in [-0.25, -0.2) is 4.98 Å². The van der Waals surface area contributed by atoms with Crippen LogP contribution in [0.5, 0.6) is 0 Å². The van der Waals surface area contributed by atoms with E-state index in [1.807, 2.05) is 11.8 Å². The third-order valence-corrected chi connectivity index (χ3v) is 6.47. The van der Waals surface area contributed by atoms with Gasteiger partial charge in [-0.05, 0) is 50.9 Å².